The highest BCUT2D eigenvalue weighted by Crippen LogP contribution is 2.48. The molecule has 0 radical (unpaired) electrons. The van der Waals surface area contributed by atoms with Crippen molar-refractivity contribution < 1.29 is 26.3 Å². The minimum atomic E-state index is -5.16. The van der Waals surface area contributed by atoms with Crippen molar-refractivity contribution in [3.63, 3.8) is 0 Å². The summed E-state index contributed by atoms with van der Waals surface area (Å²) < 4.78 is 93.8. The number of hydrogen-bond acceptors (Lipinski definition) is 1. The summed E-state index contributed by atoms with van der Waals surface area (Å²) in [6, 6.07) is 58.1. The Morgan fingerprint density at radius 1 is 0.300 bits per heavy atom. The van der Waals surface area contributed by atoms with Crippen molar-refractivity contribution in [1.29, 1.82) is 5.26 Å². The molecule has 0 aliphatic rings. The van der Waals surface area contributed by atoms with E-state index in [0.717, 1.165) is 150 Å². The molecule has 0 fully saturated rings. The molecular weight excluding hydrogens is 1130 g/mol. The number of rotatable bonds is 8. The lowest BCUT2D eigenvalue weighted by Gasteiger charge is -2.21. The number of hydrogen-bond donors (Lipinski definition) is 0. The number of nitriles is 1. The zero-order chi connectivity index (χ0) is 63.7. The van der Waals surface area contributed by atoms with Crippen LogP contribution in [0.5, 0.6) is 0 Å². The van der Waals surface area contributed by atoms with Gasteiger partial charge in [-0.25, -0.2) is 0 Å². The van der Waals surface area contributed by atoms with E-state index in [1.165, 1.54) is 11.1 Å². The van der Waals surface area contributed by atoms with Crippen LogP contribution in [0.25, 0.3) is 122 Å². The molecule has 0 saturated carbocycles. The first-order valence-electron chi connectivity index (χ1n) is 30.2. The van der Waals surface area contributed by atoms with E-state index < -0.39 is 29.0 Å². The summed E-state index contributed by atoms with van der Waals surface area (Å²) in [5.41, 5.74) is 25.0. The molecule has 2 aromatic heterocycles. The predicted octanol–water partition coefficient (Wildman–Crippen LogP) is 23.5. The van der Waals surface area contributed by atoms with Crippen molar-refractivity contribution in [1.82, 2.24) is 9.13 Å². The lowest BCUT2D eigenvalue weighted by Crippen LogP contribution is -2.12. The van der Waals surface area contributed by atoms with E-state index >= 15 is 13.2 Å². The second-order valence-corrected chi connectivity index (χ2v) is 25.0. The van der Waals surface area contributed by atoms with Gasteiger partial charge in [-0.15, -0.1) is 0 Å². The van der Waals surface area contributed by atoms with Gasteiger partial charge in [-0.05, 0) is 268 Å². The third-order valence-electron chi connectivity index (χ3n) is 18.3. The molecule has 0 aliphatic heterocycles. The molecule has 11 aromatic carbocycles. The Morgan fingerprint density at radius 3 is 0.967 bits per heavy atom. The van der Waals surface area contributed by atoms with Crippen molar-refractivity contribution in [3.8, 4) is 84.2 Å². The standard InChI is InChI=1S/C81H65F6N3/c1-43-27-47(5)76(48(6)28-43)57-15-23-71-65(36-57)66-37-58(77-49(7)29-44(2)30-50(77)8)16-24-72(66)89(71)70-22-13-55(42-88)35-64(70)63-20-14-56(62-21-19-61(80(82,83)84)41-69(62)81(85,86)87)40-75(63)90-73-25-17-59(78-51(9)31-45(3)32-52(78)10)38-67(73)68-39-60(18-26-74(68)90)79-53(11)33-46(4)34-54(79)12/h13-41H,1-12H3. The van der Waals surface area contributed by atoms with E-state index in [4.69, 9.17) is 0 Å². The highest BCUT2D eigenvalue weighted by atomic mass is 19.4. The van der Waals surface area contributed by atoms with Crippen LogP contribution in [-0.2, 0) is 12.4 Å². The highest BCUT2D eigenvalue weighted by Gasteiger charge is 2.39. The van der Waals surface area contributed by atoms with Crippen LogP contribution in [0.4, 0.5) is 26.3 Å². The summed E-state index contributed by atoms with van der Waals surface area (Å²) in [6.45, 7) is 25.4. The average Bonchev–Trinajstić information content (AvgIpc) is 1.54. The van der Waals surface area contributed by atoms with E-state index in [-0.39, 0.29) is 11.6 Å². The molecule has 0 bridgehead atoms. The number of benzene rings is 11. The maximum absolute atomic E-state index is 15.4. The fourth-order valence-electron chi connectivity index (χ4n) is 15.1. The molecule has 90 heavy (non-hydrogen) atoms. The van der Waals surface area contributed by atoms with Crippen molar-refractivity contribution in [3.05, 3.63) is 259 Å². The molecule has 3 nitrogen and oxygen atoms in total. The number of halogens is 6. The van der Waals surface area contributed by atoms with Crippen LogP contribution in [0, 0.1) is 94.4 Å². The molecule has 13 rings (SSSR count). The molecule has 0 unspecified atom stereocenters. The van der Waals surface area contributed by atoms with E-state index in [2.05, 4.69) is 220 Å². The molecule has 0 spiro atoms. The normalized spacial score (nSPS) is 12.1. The maximum atomic E-state index is 15.4. The van der Waals surface area contributed by atoms with Gasteiger partial charge in [-0.2, -0.15) is 31.6 Å². The number of fused-ring (bicyclic) bond motifs is 6. The number of nitrogens with zero attached hydrogens (tertiary/aromatic N) is 3. The van der Waals surface area contributed by atoms with Gasteiger partial charge in [0.2, 0.25) is 0 Å². The van der Waals surface area contributed by atoms with Gasteiger partial charge >= 0.3 is 12.4 Å². The van der Waals surface area contributed by atoms with E-state index in [0.29, 0.717) is 34.1 Å². The topological polar surface area (TPSA) is 33.6 Å². The Kier molecular flexibility index (Phi) is 14.2. The van der Waals surface area contributed by atoms with E-state index in [1.54, 1.807) is 24.3 Å². The van der Waals surface area contributed by atoms with Crippen LogP contribution >= 0.6 is 0 Å². The molecule has 0 saturated heterocycles. The van der Waals surface area contributed by atoms with Gasteiger partial charge in [0, 0.05) is 32.7 Å². The first-order valence-corrected chi connectivity index (χ1v) is 30.2. The zero-order valence-electron chi connectivity index (χ0n) is 52.4. The average molecular weight is 1190 g/mol. The van der Waals surface area contributed by atoms with Gasteiger partial charge in [0.15, 0.2) is 0 Å². The third-order valence-corrected chi connectivity index (χ3v) is 18.3. The van der Waals surface area contributed by atoms with Crippen LogP contribution in [0.1, 0.15) is 83.5 Å². The third kappa shape index (κ3) is 10.0. The first-order chi connectivity index (χ1) is 42.8. The van der Waals surface area contributed by atoms with Crippen molar-refractivity contribution in [2.45, 2.75) is 95.4 Å². The van der Waals surface area contributed by atoms with E-state index in [1.807, 2.05) is 12.1 Å². The van der Waals surface area contributed by atoms with Crippen LogP contribution in [-0.4, -0.2) is 9.13 Å². The van der Waals surface area contributed by atoms with Gasteiger partial charge in [0.05, 0.1) is 56.2 Å². The summed E-state index contributed by atoms with van der Waals surface area (Å²) >= 11 is 0. The second-order valence-electron chi connectivity index (χ2n) is 25.0. The SMILES string of the molecule is Cc1cc(C)c(-c2ccc3c(c2)c2cc(-c4c(C)cc(C)cc4C)ccc2n3-c2ccc(C#N)cc2-c2ccc(-c3ccc(C(F)(F)F)cc3C(F)(F)F)cc2-n2c3ccc(-c4c(C)cc(C)cc4C)cc3c3cc(-c4c(C)cc(C)cc4C)ccc32)c(C)c1. The summed E-state index contributed by atoms with van der Waals surface area (Å²) in [4.78, 5) is 0. The molecule has 0 atom stereocenters. The smallest absolute Gasteiger partial charge is 0.309 e. The monoisotopic (exact) mass is 1190 g/mol. The van der Waals surface area contributed by atoms with Crippen molar-refractivity contribution >= 4 is 43.6 Å². The Labute approximate surface area is 520 Å². The molecule has 0 N–H and O–H groups in total. The van der Waals surface area contributed by atoms with Gasteiger partial charge < -0.3 is 9.13 Å². The number of aryl methyl sites for hydroxylation is 12. The second kappa shape index (κ2) is 21.7. The van der Waals surface area contributed by atoms with E-state index in [9.17, 15) is 18.4 Å². The Balaban J connectivity index is 1.15. The number of aromatic nitrogens is 2. The largest absolute Gasteiger partial charge is 0.417 e. The molecule has 0 amide bonds. The molecular formula is C81H65F6N3. The van der Waals surface area contributed by atoms with Gasteiger partial charge in [0.25, 0.3) is 0 Å². The van der Waals surface area contributed by atoms with Crippen LogP contribution in [0.2, 0.25) is 0 Å². The molecule has 0 aliphatic carbocycles. The lowest BCUT2D eigenvalue weighted by atomic mass is 9.91. The van der Waals surface area contributed by atoms with Gasteiger partial charge in [-0.3, -0.25) is 0 Å². The van der Waals surface area contributed by atoms with Crippen LogP contribution < -0.4 is 0 Å². The fourth-order valence-corrected chi connectivity index (χ4v) is 15.1. The lowest BCUT2D eigenvalue weighted by molar-refractivity contribution is -0.142. The molecule has 9 heteroatoms. The summed E-state index contributed by atoms with van der Waals surface area (Å²) in [6.07, 6.45) is -10.2. The maximum Gasteiger partial charge on any atom is 0.417 e. The minimum absolute atomic E-state index is 0.0492. The summed E-state index contributed by atoms with van der Waals surface area (Å²) in [5.74, 6) is 0. The minimum Gasteiger partial charge on any atom is -0.309 e. The quantitative estimate of drug-likeness (QED) is 0.140. The molecule has 13 aromatic rings. The Morgan fingerprint density at radius 2 is 0.633 bits per heavy atom. The Bertz CT molecular complexity index is 4930. The van der Waals surface area contributed by atoms with Crippen molar-refractivity contribution in [2.75, 3.05) is 0 Å². The van der Waals surface area contributed by atoms with Gasteiger partial charge in [-0.1, -0.05) is 113 Å². The van der Waals surface area contributed by atoms with Crippen LogP contribution in [0.3, 0.4) is 0 Å². The Hall–Kier alpha value is -9.91. The predicted molar refractivity (Wildman–Crippen MR) is 359 cm³/mol. The summed E-state index contributed by atoms with van der Waals surface area (Å²) in [5, 5.41) is 14.6. The highest BCUT2D eigenvalue weighted by molar-refractivity contribution is 6.14. The van der Waals surface area contributed by atoms with Gasteiger partial charge in [0.1, 0.15) is 0 Å². The van der Waals surface area contributed by atoms with Crippen LogP contribution in [0.15, 0.2) is 176 Å². The molecule has 446 valence electrons. The number of alkyl halides is 6. The molecule has 2 heterocycles. The first kappa shape index (κ1) is 59.1. The summed E-state index contributed by atoms with van der Waals surface area (Å²) in [7, 11) is 0. The zero-order valence-corrected chi connectivity index (χ0v) is 52.4. The fraction of sp³-hybridized carbons (Fsp3) is 0.173. The van der Waals surface area contributed by atoms with Crippen molar-refractivity contribution in [2.24, 2.45) is 0 Å².